The quantitative estimate of drug-likeness (QED) is 0.868. The summed E-state index contributed by atoms with van der Waals surface area (Å²) in [4.78, 5) is 13.1. The second-order valence-corrected chi connectivity index (χ2v) is 7.03. The Labute approximate surface area is 131 Å². The van der Waals surface area contributed by atoms with Crippen LogP contribution in [0, 0.1) is 0 Å². The minimum Gasteiger partial charge on any atom is -0.507 e. The van der Waals surface area contributed by atoms with Crippen LogP contribution in [-0.4, -0.2) is 9.67 Å². The van der Waals surface area contributed by atoms with E-state index < -0.39 is 0 Å². The molecule has 1 aliphatic rings. The third-order valence-corrected chi connectivity index (χ3v) is 4.38. The van der Waals surface area contributed by atoms with Crippen molar-refractivity contribution in [2.45, 2.75) is 52.0 Å². The highest BCUT2D eigenvalue weighted by Gasteiger charge is 2.28. The number of benzene rings is 1. The Hall–Kier alpha value is -2.03. The normalized spacial score (nSPS) is 14.7. The van der Waals surface area contributed by atoms with E-state index in [2.05, 4.69) is 20.8 Å². The molecule has 3 rings (SSSR count). The predicted molar refractivity (Wildman–Crippen MR) is 89.4 cm³/mol. The smallest absolute Gasteiger partial charge is 0.262 e. The van der Waals surface area contributed by atoms with E-state index in [1.807, 2.05) is 34.9 Å². The molecule has 1 aromatic heterocycles. The number of hydrogen-bond donors (Lipinski definition) is 1. The van der Waals surface area contributed by atoms with E-state index >= 15 is 0 Å². The molecular formula is C19H23NO2. The second kappa shape index (κ2) is 5.31. The number of nitrogens with zero attached hydrogens (tertiary/aromatic N) is 1. The van der Waals surface area contributed by atoms with Crippen LogP contribution < -0.4 is 5.56 Å². The average Bonchev–Trinajstić information content (AvgIpc) is 2.47. The van der Waals surface area contributed by atoms with Gasteiger partial charge in [0.1, 0.15) is 5.75 Å². The summed E-state index contributed by atoms with van der Waals surface area (Å²) in [5, 5.41) is 10.7. The van der Waals surface area contributed by atoms with Gasteiger partial charge in [0, 0.05) is 16.8 Å². The number of aromatic nitrogens is 1. The molecule has 3 nitrogen and oxygen atoms in total. The van der Waals surface area contributed by atoms with Crippen LogP contribution in [0.5, 0.6) is 5.75 Å². The van der Waals surface area contributed by atoms with Gasteiger partial charge >= 0.3 is 0 Å². The molecule has 0 spiro atoms. The minimum absolute atomic E-state index is 0.0862. The van der Waals surface area contributed by atoms with Crippen molar-refractivity contribution in [1.82, 2.24) is 4.57 Å². The van der Waals surface area contributed by atoms with E-state index in [0.717, 1.165) is 42.5 Å². The largest absolute Gasteiger partial charge is 0.507 e. The number of rotatable bonds is 1. The van der Waals surface area contributed by atoms with Crippen LogP contribution in [0.2, 0.25) is 0 Å². The van der Waals surface area contributed by atoms with Crippen LogP contribution in [-0.2, 0) is 18.4 Å². The van der Waals surface area contributed by atoms with Crippen molar-refractivity contribution < 1.29 is 5.11 Å². The number of hydrogen-bond acceptors (Lipinski definition) is 2. The maximum Gasteiger partial charge on any atom is 0.262 e. The van der Waals surface area contributed by atoms with Gasteiger partial charge in [-0.3, -0.25) is 4.79 Å². The van der Waals surface area contributed by atoms with Crippen molar-refractivity contribution in [2.75, 3.05) is 0 Å². The summed E-state index contributed by atoms with van der Waals surface area (Å²) in [5.74, 6) is 0.186. The molecule has 1 aromatic carbocycles. The molecule has 0 fully saturated rings. The fraction of sp³-hybridized carbons (Fsp3) is 0.421. The number of aromatic hydroxyl groups is 1. The molecule has 0 unspecified atom stereocenters. The Bertz CT molecular complexity index is 752. The molecule has 116 valence electrons. The molecule has 22 heavy (non-hydrogen) atoms. The Kier molecular flexibility index (Phi) is 3.59. The fourth-order valence-corrected chi connectivity index (χ4v) is 3.45. The zero-order valence-corrected chi connectivity index (χ0v) is 13.5. The van der Waals surface area contributed by atoms with Crippen molar-refractivity contribution in [3.8, 4) is 16.9 Å². The van der Waals surface area contributed by atoms with Crippen LogP contribution in [0.15, 0.2) is 35.1 Å². The average molecular weight is 297 g/mol. The first-order valence-corrected chi connectivity index (χ1v) is 7.97. The second-order valence-electron chi connectivity index (χ2n) is 7.03. The zero-order chi connectivity index (χ0) is 15.9. The first kappa shape index (κ1) is 14.9. The van der Waals surface area contributed by atoms with E-state index in [1.54, 1.807) is 0 Å². The van der Waals surface area contributed by atoms with Gasteiger partial charge in [-0.15, -0.1) is 0 Å². The first-order valence-electron chi connectivity index (χ1n) is 7.97. The van der Waals surface area contributed by atoms with Crippen LogP contribution in [0.3, 0.4) is 0 Å². The molecule has 0 radical (unpaired) electrons. The van der Waals surface area contributed by atoms with Gasteiger partial charge in [-0.2, -0.15) is 0 Å². The lowest BCUT2D eigenvalue weighted by Gasteiger charge is -2.31. The van der Waals surface area contributed by atoms with Crippen molar-refractivity contribution in [3.05, 3.63) is 51.9 Å². The molecule has 1 heterocycles. The Morgan fingerprint density at radius 1 is 1.05 bits per heavy atom. The van der Waals surface area contributed by atoms with Gasteiger partial charge in [-0.1, -0.05) is 30.3 Å². The van der Waals surface area contributed by atoms with Gasteiger partial charge in [0.25, 0.3) is 5.56 Å². The van der Waals surface area contributed by atoms with Crippen LogP contribution in [0.25, 0.3) is 11.1 Å². The Morgan fingerprint density at radius 2 is 1.68 bits per heavy atom. The predicted octanol–water partition coefficient (Wildman–Crippen LogP) is 3.85. The molecule has 1 N–H and O–H groups in total. The number of fused-ring (bicyclic) bond motifs is 1. The molecule has 2 aromatic rings. The molecule has 0 bridgehead atoms. The molecule has 0 atom stereocenters. The molecule has 1 aliphatic carbocycles. The topological polar surface area (TPSA) is 42.2 Å². The van der Waals surface area contributed by atoms with E-state index in [1.165, 1.54) is 0 Å². The van der Waals surface area contributed by atoms with Crippen LogP contribution in [0.4, 0.5) is 0 Å². The van der Waals surface area contributed by atoms with Crippen molar-refractivity contribution in [1.29, 1.82) is 0 Å². The van der Waals surface area contributed by atoms with Crippen LogP contribution >= 0.6 is 0 Å². The minimum atomic E-state index is -0.296. The Balaban J connectivity index is 2.40. The van der Waals surface area contributed by atoms with E-state index in [9.17, 15) is 9.90 Å². The summed E-state index contributed by atoms with van der Waals surface area (Å²) >= 11 is 0. The fourth-order valence-electron chi connectivity index (χ4n) is 3.45. The van der Waals surface area contributed by atoms with Crippen LogP contribution in [0.1, 0.15) is 44.9 Å². The lowest BCUT2D eigenvalue weighted by atomic mass is 9.90. The Morgan fingerprint density at radius 3 is 2.32 bits per heavy atom. The summed E-state index contributed by atoms with van der Waals surface area (Å²) in [6.07, 6.45) is 3.85. The molecule has 3 heteroatoms. The maximum atomic E-state index is 13.1. The molecular weight excluding hydrogens is 274 g/mol. The molecule has 0 amide bonds. The van der Waals surface area contributed by atoms with E-state index in [0.29, 0.717) is 5.56 Å². The zero-order valence-electron chi connectivity index (χ0n) is 13.5. The first-order chi connectivity index (χ1) is 10.4. The monoisotopic (exact) mass is 297 g/mol. The lowest BCUT2D eigenvalue weighted by molar-refractivity contribution is 0.356. The maximum absolute atomic E-state index is 13.1. The van der Waals surface area contributed by atoms with Crippen molar-refractivity contribution in [2.24, 2.45) is 0 Å². The van der Waals surface area contributed by atoms with Gasteiger partial charge in [0.05, 0.1) is 5.56 Å². The third-order valence-electron chi connectivity index (χ3n) is 4.38. The third kappa shape index (κ3) is 2.35. The van der Waals surface area contributed by atoms with E-state index in [-0.39, 0.29) is 16.8 Å². The standard InChI is InChI=1S/C19H23NO2/c1-19(2,3)20-15-12-8-7-11-14(15)17(21)16(18(20)22)13-9-5-4-6-10-13/h4-6,9-10,21H,7-8,11-12H2,1-3H3. The molecule has 0 saturated heterocycles. The van der Waals surface area contributed by atoms with E-state index in [4.69, 9.17) is 0 Å². The highest BCUT2D eigenvalue weighted by atomic mass is 16.3. The summed E-state index contributed by atoms with van der Waals surface area (Å²) in [6.45, 7) is 6.15. The van der Waals surface area contributed by atoms with Gasteiger partial charge in [0.2, 0.25) is 0 Å². The number of pyridine rings is 1. The van der Waals surface area contributed by atoms with Crippen molar-refractivity contribution >= 4 is 0 Å². The molecule has 0 aliphatic heterocycles. The summed E-state index contributed by atoms with van der Waals surface area (Å²) in [5.41, 5.74) is 2.82. The highest BCUT2D eigenvalue weighted by molar-refractivity contribution is 5.71. The lowest BCUT2D eigenvalue weighted by Crippen LogP contribution is -2.38. The summed E-state index contributed by atoms with van der Waals surface area (Å²) < 4.78 is 1.89. The van der Waals surface area contributed by atoms with Gasteiger partial charge in [0.15, 0.2) is 0 Å². The van der Waals surface area contributed by atoms with Gasteiger partial charge in [-0.05, 0) is 52.0 Å². The van der Waals surface area contributed by atoms with Gasteiger partial charge in [-0.25, -0.2) is 0 Å². The summed E-state index contributed by atoms with van der Waals surface area (Å²) in [7, 11) is 0. The molecule has 0 saturated carbocycles. The SMILES string of the molecule is CC(C)(C)n1c2c(c(O)c(-c3ccccc3)c1=O)CCCC2. The van der Waals surface area contributed by atoms with Crippen molar-refractivity contribution in [3.63, 3.8) is 0 Å². The summed E-state index contributed by atoms with van der Waals surface area (Å²) in [6, 6.07) is 9.49. The van der Waals surface area contributed by atoms with Gasteiger partial charge < -0.3 is 9.67 Å². The highest BCUT2D eigenvalue weighted by Crippen LogP contribution is 2.36.